The second-order valence-corrected chi connectivity index (χ2v) is 8.64. The van der Waals surface area contributed by atoms with Gasteiger partial charge in [-0.15, -0.1) is 0 Å². The molecule has 0 amide bonds. The van der Waals surface area contributed by atoms with Crippen LogP contribution in [-0.2, 0) is 0 Å². The molecule has 9 heteroatoms. The van der Waals surface area contributed by atoms with Crippen molar-refractivity contribution in [1.29, 1.82) is 0 Å². The van der Waals surface area contributed by atoms with E-state index >= 15 is 0 Å². The van der Waals surface area contributed by atoms with Crippen LogP contribution in [0.4, 0.5) is 0 Å². The number of benzene rings is 3. The first-order valence-electron chi connectivity index (χ1n) is 10.2. The van der Waals surface area contributed by atoms with Gasteiger partial charge in [-0.2, -0.15) is 9.78 Å². The summed E-state index contributed by atoms with van der Waals surface area (Å²) >= 11 is 9.60. The van der Waals surface area contributed by atoms with E-state index in [1.165, 1.54) is 4.68 Å². The fourth-order valence-corrected chi connectivity index (χ4v) is 4.45. The number of methoxy groups -OCH3 is 2. The summed E-state index contributed by atoms with van der Waals surface area (Å²) in [6.07, 6.45) is 1.55. The van der Waals surface area contributed by atoms with Crippen LogP contribution in [0, 0.1) is 0 Å². The Morgan fingerprint density at radius 1 is 1.09 bits per heavy atom. The van der Waals surface area contributed by atoms with Crippen LogP contribution in [0.2, 0.25) is 5.02 Å². The number of ether oxygens (including phenoxy) is 2. The summed E-state index contributed by atoms with van der Waals surface area (Å²) in [5.41, 5.74) is 1.53. The highest BCUT2D eigenvalue weighted by atomic mass is 79.9. The number of hydrogen-bond acceptors (Lipinski definition) is 6. The zero-order valence-electron chi connectivity index (χ0n) is 18.1. The summed E-state index contributed by atoms with van der Waals surface area (Å²) in [6, 6.07) is 17.8. The average Bonchev–Trinajstić information content (AvgIpc) is 3.26. The fourth-order valence-electron chi connectivity index (χ4n) is 3.65. The molecular formula is C25H17BrClN3O4. The van der Waals surface area contributed by atoms with E-state index in [9.17, 15) is 4.79 Å². The summed E-state index contributed by atoms with van der Waals surface area (Å²) in [5, 5.41) is 6.30. The van der Waals surface area contributed by atoms with Crippen molar-refractivity contribution in [3.63, 3.8) is 0 Å². The van der Waals surface area contributed by atoms with Crippen molar-refractivity contribution < 1.29 is 13.9 Å². The van der Waals surface area contributed by atoms with Gasteiger partial charge >= 0.3 is 0 Å². The Balaban J connectivity index is 1.70. The summed E-state index contributed by atoms with van der Waals surface area (Å²) in [6.45, 7) is 0. The molecule has 0 radical (unpaired) electrons. The first-order chi connectivity index (χ1) is 16.5. The highest BCUT2D eigenvalue weighted by molar-refractivity contribution is 9.10. The van der Waals surface area contributed by atoms with Crippen LogP contribution in [-0.4, -0.2) is 30.1 Å². The fraction of sp³-hybridized carbons (Fsp3) is 0.0800. The lowest BCUT2D eigenvalue weighted by Crippen LogP contribution is -2.20. The molecule has 34 heavy (non-hydrogen) atoms. The lowest BCUT2D eigenvalue weighted by Gasteiger charge is -2.10. The zero-order valence-corrected chi connectivity index (χ0v) is 20.4. The molecule has 170 valence electrons. The normalized spacial score (nSPS) is 11.5. The third kappa shape index (κ3) is 3.95. The first kappa shape index (κ1) is 22.2. The van der Waals surface area contributed by atoms with Gasteiger partial charge in [0.2, 0.25) is 5.82 Å². The molecule has 0 unspecified atom stereocenters. The zero-order chi connectivity index (χ0) is 23.8. The van der Waals surface area contributed by atoms with E-state index < -0.39 is 0 Å². The molecule has 3 aromatic carbocycles. The lowest BCUT2D eigenvalue weighted by molar-refractivity contribution is 0.353. The summed E-state index contributed by atoms with van der Waals surface area (Å²) in [7, 11) is 3.11. The number of nitrogens with zero attached hydrogens (tertiary/aromatic N) is 3. The Kier molecular flexibility index (Phi) is 5.85. The van der Waals surface area contributed by atoms with Crippen LogP contribution in [0.25, 0.3) is 33.5 Å². The minimum Gasteiger partial charge on any atom is -0.493 e. The Labute approximate surface area is 207 Å². The van der Waals surface area contributed by atoms with E-state index in [1.807, 2.05) is 12.1 Å². The smallest absolute Gasteiger partial charge is 0.282 e. The van der Waals surface area contributed by atoms with E-state index in [0.29, 0.717) is 48.8 Å². The molecule has 0 aliphatic carbocycles. The second-order valence-electron chi connectivity index (χ2n) is 7.35. The molecule has 0 atom stereocenters. The molecule has 0 N–H and O–H groups in total. The Bertz CT molecular complexity index is 1640. The van der Waals surface area contributed by atoms with Crippen molar-refractivity contribution in [1.82, 2.24) is 9.66 Å². The quantitative estimate of drug-likeness (QED) is 0.252. The van der Waals surface area contributed by atoms with Gasteiger partial charge in [-0.25, -0.2) is 4.98 Å². The molecule has 2 heterocycles. The maximum Gasteiger partial charge on any atom is 0.282 e. The summed E-state index contributed by atoms with van der Waals surface area (Å²) < 4.78 is 18.7. The molecule has 0 aliphatic rings. The van der Waals surface area contributed by atoms with Crippen LogP contribution in [0.15, 0.2) is 79.4 Å². The maximum absolute atomic E-state index is 13.4. The van der Waals surface area contributed by atoms with Crippen LogP contribution >= 0.6 is 27.5 Å². The van der Waals surface area contributed by atoms with Crippen LogP contribution in [0.3, 0.4) is 0 Å². The second kappa shape index (κ2) is 8.96. The SMILES string of the molecule is COc1cc(C=Nn2c(-c3cc4cc(Cl)ccc4o3)nc3ccccc3c2=O)cc(Br)c1OC. The minimum atomic E-state index is -0.324. The number of furan rings is 1. The number of hydrogen-bond donors (Lipinski definition) is 0. The standard InChI is InChI=1S/C25H17BrClN3O4/c1-32-21-10-14(9-18(26)23(21)33-2)13-28-30-24(29-19-6-4-3-5-17(19)25(30)31)22-12-15-11-16(27)7-8-20(15)34-22/h3-13H,1-2H3. The molecule has 5 rings (SSSR count). The largest absolute Gasteiger partial charge is 0.493 e. The molecule has 0 spiro atoms. The average molecular weight is 539 g/mol. The molecule has 0 saturated carbocycles. The highest BCUT2D eigenvalue weighted by Gasteiger charge is 2.17. The monoisotopic (exact) mass is 537 g/mol. The van der Waals surface area contributed by atoms with Gasteiger partial charge in [0.1, 0.15) is 5.58 Å². The molecule has 0 saturated heterocycles. The number of rotatable bonds is 5. The van der Waals surface area contributed by atoms with E-state index in [2.05, 4.69) is 26.0 Å². The van der Waals surface area contributed by atoms with Crippen molar-refractivity contribution in [3.05, 3.63) is 86.1 Å². The molecular weight excluding hydrogens is 522 g/mol. The number of para-hydroxylation sites is 1. The Morgan fingerprint density at radius 2 is 1.91 bits per heavy atom. The van der Waals surface area contributed by atoms with Gasteiger partial charge < -0.3 is 13.9 Å². The first-order valence-corrected chi connectivity index (χ1v) is 11.3. The molecule has 5 aromatic rings. The predicted molar refractivity (Wildman–Crippen MR) is 136 cm³/mol. The Morgan fingerprint density at radius 3 is 2.71 bits per heavy atom. The van der Waals surface area contributed by atoms with E-state index in [1.54, 1.807) is 69.0 Å². The van der Waals surface area contributed by atoms with E-state index in [0.717, 1.165) is 5.39 Å². The van der Waals surface area contributed by atoms with Crippen LogP contribution in [0.5, 0.6) is 11.5 Å². The van der Waals surface area contributed by atoms with Gasteiger partial charge in [0.15, 0.2) is 17.3 Å². The van der Waals surface area contributed by atoms with Gasteiger partial charge in [-0.3, -0.25) is 4.79 Å². The molecule has 0 aliphatic heterocycles. The lowest BCUT2D eigenvalue weighted by atomic mass is 10.2. The van der Waals surface area contributed by atoms with Crippen molar-refractivity contribution in [2.24, 2.45) is 5.10 Å². The van der Waals surface area contributed by atoms with Crippen LogP contribution < -0.4 is 15.0 Å². The molecule has 0 fully saturated rings. The number of fused-ring (bicyclic) bond motifs is 2. The van der Waals surface area contributed by atoms with E-state index in [4.69, 9.17) is 25.5 Å². The molecule has 7 nitrogen and oxygen atoms in total. The third-order valence-electron chi connectivity index (χ3n) is 5.23. The van der Waals surface area contributed by atoms with Gasteiger partial charge in [0.25, 0.3) is 5.56 Å². The topological polar surface area (TPSA) is 78.9 Å². The van der Waals surface area contributed by atoms with Crippen molar-refractivity contribution in [2.45, 2.75) is 0 Å². The minimum absolute atomic E-state index is 0.270. The van der Waals surface area contributed by atoms with Gasteiger partial charge in [0, 0.05) is 10.4 Å². The summed E-state index contributed by atoms with van der Waals surface area (Å²) in [4.78, 5) is 18.1. The molecule has 0 bridgehead atoms. The van der Waals surface area contributed by atoms with Crippen molar-refractivity contribution >= 4 is 55.6 Å². The predicted octanol–water partition coefficient (Wildman–Crippen LogP) is 6.13. The van der Waals surface area contributed by atoms with Gasteiger partial charge in [0.05, 0.1) is 35.8 Å². The maximum atomic E-state index is 13.4. The highest BCUT2D eigenvalue weighted by Crippen LogP contribution is 2.36. The number of aromatic nitrogens is 2. The van der Waals surface area contributed by atoms with Crippen LogP contribution in [0.1, 0.15) is 5.56 Å². The van der Waals surface area contributed by atoms with E-state index in [-0.39, 0.29) is 11.4 Å². The molecule has 2 aromatic heterocycles. The Hall–Kier alpha value is -3.62. The van der Waals surface area contributed by atoms with Crippen molar-refractivity contribution in [2.75, 3.05) is 14.2 Å². The summed E-state index contributed by atoms with van der Waals surface area (Å²) in [5.74, 6) is 1.75. The third-order valence-corrected chi connectivity index (χ3v) is 6.05. The number of halogens is 2. The van der Waals surface area contributed by atoms with Gasteiger partial charge in [-0.1, -0.05) is 23.7 Å². The van der Waals surface area contributed by atoms with Gasteiger partial charge in [-0.05, 0) is 70.0 Å². The van der Waals surface area contributed by atoms with Crippen molar-refractivity contribution in [3.8, 4) is 23.1 Å².